The monoisotopic (exact) mass is 307 g/mol. The van der Waals surface area contributed by atoms with Gasteiger partial charge in [0.25, 0.3) is 0 Å². The minimum absolute atomic E-state index is 0.0273. The number of allylic oxidation sites excluding steroid dienone is 2. The third kappa shape index (κ3) is 2.38. The van der Waals surface area contributed by atoms with Gasteiger partial charge in [-0.3, -0.25) is 14.5 Å². The average Bonchev–Trinajstić information content (AvgIpc) is 3.20. The van der Waals surface area contributed by atoms with Crippen molar-refractivity contribution in [3.8, 4) is 5.69 Å². The third-order valence-corrected chi connectivity index (χ3v) is 4.64. The number of likely N-dealkylation sites (tertiary alicyclic amines) is 1. The molecule has 0 N–H and O–H groups in total. The van der Waals surface area contributed by atoms with E-state index in [9.17, 15) is 9.59 Å². The standard InChI is InChI=1S/C18H17N3O2/c22-17-15-4-1-2-5-16(15)18(23)20(17)12-13-6-8-14(9-7-13)21-11-3-10-19-21/h1-3,6-11,15-16H,4-5,12H2. The zero-order valence-electron chi connectivity index (χ0n) is 12.6. The Kier molecular flexibility index (Phi) is 3.33. The van der Waals surface area contributed by atoms with Gasteiger partial charge in [-0.05, 0) is 36.6 Å². The first kappa shape index (κ1) is 13.9. The molecule has 2 unspecified atom stereocenters. The highest BCUT2D eigenvalue weighted by atomic mass is 16.2. The number of benzene rings is 1. The van der Waals surface area contributed by atoms with Crippen molar-refractivity contribution >= 4 is 11.8 Å². The average molecular weight is 307 g/mol. The molecule has 1 saturated heterocycles. The van der Waals surface area contributed by atoms with E-state index in [2.05, 4.69) is 5.10 Å². The van der Waals surface area contributed by atoms with Gasteiger partial charge in [0, 0.05) is 12.4 Å². The van der Waals surface area contributed by atoms with Crippen LogP contribution in [-0.2, 0) is 16.1 Å². The van der Waals surface area contributed by atoms with Crippen LogP contribution in [0.15, 0.2) is 54.9 Å². The van der Waals surface area contributed by atoms with Crippen LogP contribution >= 0.6 is 0 Å². The van der Waals surface area contributed by atoms with Crippen molar-refractivity contribution in [3.63, 3.8) is 0 Å². The van der Waals surface area contributed by atoms with Crippen LogP contribution in [0, 0.1) is 11.8 Å². The molecule has 2 amide bonds. The second-order valence-corrected chi connectivity index (χ2v) is 6.04. The largest absolute Gasteiger partial charge is 0.278 e. The van der Waals surface area contributed by atoms with Crippen molar-refractivity contribution in [1.29, 1.82) is 0 Å². The molecule has 0 spiro atoms. The Morgan fingerprint density at radius 3 is 2.22 bits per heavy atom. The smallest absolute Gasteiger partial charge is 0.233 e. The van der Waals surface area contributed by atoms with E-state index in [0.717, 1.165) is 11.3 Å². The molecule has 0 radical (unpaired) electrons. The summed E-state index contributed by atoms with van der Waals surface area (Å²) < 4.78 is 1.77. The molecule has 1 aliphatic heterocycles. The van der Waals surface area contributed by atoms with Crippen LogP contribution in [0.4, 0.5) is 0 Å². The molecule has 5 nitrogen and oxygen atoms in total. The van der Waals surface area contributed by atoms with Crippen molar-refractivity contribution in [1.82, 2.24) is 14.7 Å². The van der Waals surface area contributed by atoms with Gasteiger partial charge >= 0.3 is 0 Å². The molecule has 4 rings (SSSR count). The molecule has 1 fully saturated rings. The summed E-state index contributed by atoms with van der Waals surface area (Å²) in [7, 11) is 0. The van der Waals surface area contributed by atoms with Gasteiger partial charge in [0.2, 0.25) is 11.8 Å². The summed E-state index contributed by atoms with van der Waals surface area (Å²) in [5, 5.41) is 4.18. The fraction of sp³-hybridized carbons (Fsp3) is 0.278. The Balaban J connectivity index is 1.52. The number of carbonyl (C=O) groups excluding carboxylic acids is 2. The maximum Gasteiger partial charge on any atom is 0.233 e. The van der Waals surface area contributed by atoms with Gasteiger partial charge < -0.3 is 0 Å². The SMILES string of the molecule is O=C1C2CC=CCC2C(=O)N1Cc1ccc(-n2cccn2)cc1. The Bertz CT molecular complexity index is 736. The lowest BCUT2D eigenvalue weighted by Gasteiger charge is -2.15. The van der Waals surface area contributed by atoms with Crippen LogP contribution in [0.2, 0.25) is 0 Å². The third-order valence-electron chi connectivity index (χ3n) is 4.64. The van der Waals surface area contributed by atoms with Gasteiger partial charge in [-0.2, -0.15) is 5.10 Å². The number of nitrogens with zero attached hydrogens (tertiary/aromatic N) is 3. The molecule has 5 heteroatoms. The Labute approximate surface area is 134 Å². The maximum atomic E-state index is 12.5. The van der Waals surface area contributed by atoms with Gasteiger partial charge in [0.15, 0.2) is 0 Å². The van der Waals surface area contributed by atoms with E-state index in [1.165, 1.54) is 4.90 Å². The van der Waals surface area contributed by atoms with Gasteiger partial charge in [-0.1, -0.05) is 24.3 Å². The highest BCUT2D eigenvalue weighted by Crippen LogP contribution is 2.35. The first-order chi connectivity index (χ1) is 11.2. The second kappa shape index (κ2) is 5.50. The lowest BCUT2D eigenvalue weighted by Crippen LogP contribution is -2.30. The molecule has 2 atom stereocenters. The van der Waals surface area contributed by atoms with E-state index in [1.807, 2.05) is 48.7 Å². The van der Waals surface area contributed by atoms with Gasteiger partial charge in [0.05, 0.1) is 24.1 Å². The van der Waals surface area contributed by atoms with Crippen LogP contribution in [0.25, 0.3) is 5.69 Å². The fourth-order valence-corrected chi connectivity index (χ4v) is 3.38. The van der Waals surface area contributed by atoms with Gasteiger partial charge in [0.1, 0.15) is 0 Å². The summed E-state index contributed by atoms with van der Waals surface area (Å²) in [4.78, 5) is 26.4. The van der Waals surface area contributed by atoms with Gasteiger partial charge in [-0.25, -0.2) is 4.68 Å². The molecular weight excluding hydrogens is 290 g/mol. The minimum atomic E-state index is -0.157. The molecule has 0 bridgehead atoms. The highest BCUT2D eigenvalue weighted by Gasteiger charge is 2.46. The molecule has 0 saturated carbocycles. The predicted molar refractivity (Wildman–Crippen MR) is 84.5 cm³/mol. The summed E-state index contributed by atoms with van der Waals surface area (Å²) in [6, 6.07) is 9.64. The normalized spacial score (nSPS) is 23.4. The summed E-state index contributed by atoms with van der Waals surface area (Å²) in [6.07, 6.45) is 8.99. The first-order valence-electron chi connectivity index (χ1n) is 7.83. The summed E-state index contributed by atoms with van der Waals surface area (Å²) in [5.74, 6) is -0.368. The number of hydrogen-bond acceptors (Lipinski definition) is 3. The lowest BCUT2D eigenvalue weighted by atomic mass is 9.85. The zero-order valence-corrected chi connectivity index (χ0v) is 12.6. The number of amides is 2. The topological polar surface area (TPSA) is 55.2 Å². The van der Waals surface area contributed by atoms with E-state index in [4.69, 9.17) is 0 Å². The number of hydrogen-bond donors (Lipinski definition) is 0. The first-order valence-corrected chi connectivity index (χ1v) is 7.83. The number of fused-ring (bicyclic) bond motifs is 1. The molecule has 116 valence electrons. The number of imide groups is 1. The van der Waals surface area contributed by atoms with Crippen LogP contribution in [0.3, 0.4) is 0 Å². The molecule has 2 aromatic rings. The van der Waals surface area contributed by atoms with Crippen LogP contribution in [0.1, 0.15) is 18.4 Å². The van der Waals surface area contributed by atoms with Crippen molar-refractivity contribution in [2.75, 3.05) is 0 Å². The Morgan fingerprint density at radius 2 is 1.65 bits per heavy atom. The summed E-state index contributed by atoms with van der Waals surface area (Å²) in [5.41, 5.74) is 1.91. The highest BCUT2D eigenvalue weighted by molar-refractivity contribution is 6.05. The van der Waals surface area contributed by atoms with E-state index in [1.54, 1.807) is 10.9 Å². The molecular formula is C18H17N3O2. The molecule has 1 aromatic carbocycles. The predicted octanol–water partition coefficient (Wildman–Crippen LogP) is 2.32. The summed E-state index contributed by atoms with van der Waals surface area (Å²) >= 11 is 0. The summed E-state index contributed by atoms with van der Waals surface area (Å²) in [6.45, 7) is 0.351. The van der Waals surface area contributed by atoms with E-state index in [0.29, 0.717) is 19.4 Å². The van der Waals surface area contributed by atoms with Crippen LogP contribution in [-0.4, -0.2) is 26.5 Å². The van der Waals surface area contributed by atoms with E-state index >= 15 is 0 Å². The van der Waals surface area contributed by atoms with Gasteiger partial charge in [-0.15, -0.1) is 0 Å². The maximum absolute atomic E-state index is 12.5. The molecule has 23 heavy (non-hydrogen) atoms. The zero-order chi connectivity index (χ0) is 15.8. The van der Waals surface area contributed by atoms with Crippen molar-refractivity contribution < 1.29 is 9.59 Å². The molecule has 2 heterocycles. The fourth-order valence-electron chi connectivity index (χ4n) is 3.38. The Hall–Kier alpha value is -2.69. The number of carbonyl (C=O) groups is 2. The number of aromatic nitrogens is 2. The quantitative estimate of drug-likeness (QED) is 0.646. The van der Waals surface area contributed by atoms with Crippen LogP contribution in [0.5, 0.6) is 0 Å². The van der Waals surface area contributed by atoms with Crippen molar-refractivity contribution in [2.24, 2.45) is 11.8 Å². The second-order valence-electron chi connectivity index (χ2n) is 6.04. The molecule has 1 aliphatic carbocycles. The lowest BCUT2D eigenvalue weighted by molar-refractivity contribution is -0.140. The van der Waals surface area contributed by atoms with E-state index in [-0.39, 0.29) is 23.7 Å². The van der Waals surface area contributed by atoms with Crippen molar-refractivity contribution in [3.05, 3.63) is 60.4 Å². The molecule has 2 aliphatic rings. The number of rotatable bonds is 3. The van der Waals surface area contributed by atoms with Crippen LogP contribution < -0.4 is 0 Å². The van der Waals surface area contributed by atoms with E-state index < -0.39 is 0 Å². The van der Waals surface area contributed by atoms with Crippen molar-refractivity contribution in [2.45, 2.75) is 19.4 Å². The Morgan fingerprint density at radius 1 is 1.00 bits per heavy atom. The molecule has 1 aromatic heterocycles. The minimum Gasteiger partial charge on any atom is -0.278 e.